The van der Waals surface area contributed by atoms with E-state index in [4.69, 9.17) is 15.6 Å². The van der Waals surface area contributed by atoms with Crippen LogP contribution in [0.15, 0.2) is 0 Å². The van der Waals surface area contributed by atoms with E-state index in [1.54, 1.807) is 0 Å². The summed E-state index contributed by atoms with van der Waals surface area (Å²) < 4.78 is 5.23. The third kappa shape index (κ3) is 10.1. The molecule has 0 saturated carbocycles. The van der Waals surface area contributed by atoms with Gasteiger partial charge in [0.05, 0.1) is 0 Å². The van der Waals surface area contributed by atoms with E-state index in [0.717, 1.165) is 6.42 Å². The molecule has 0 radical (unpaired) electrons. The van der Waals surface area contributed by atoms with Crippen LogP contribution in [0.4, 0.5) is 4.79 Å². The smallest absolute Gasteiger partial charge is 0.326 e. The second-order valence-electron chi connectivity index (χ2n) is 4.26. The quantitative estimate of drug-likeness (QED) is 0.392. The first-order valence-electron chi connectivity index (χ1n) is 6.60. The first-order valence-corrected chi connectivity index (χ1v) is 6.60. The van der Waals surface area contributed by atoms with Gasteiger partial charge in [-0.1, -0.05) is 6.92 Å². The summed E-state index contributed by atoms with van der Waals surface area (Å²) in [5.41, 5.74) is 4.94. The van der Waals surface area contributed by atoms with E-state index >= 15 is 0 Å². The molecular formula is C12H23N3O5. The van der Waals surface area contributed by atoms with Crippen molar-refractivity contribution in [2.24, 2.45) is 5.73 Å². The molecule has 0 aliphatic rings. The third-order valence-corrected chi connectivity index (χ3v) is 2.38. The molecular weight excluding hydrogens is 266 g/mol. The fraction of sp³-hybridized carbons (Fsp3) is 0.750. The first kappa shape index (κ1) is 18.2. The molecule has 0 aliphatic carbocycles. The number of amides is 3. The average Bonchev–Trinajstić information content (AvgIpc) is 2.38. The van der Waals surface area contributed by atoms with Gasteiger partial charge in [-0.2, -0.15) is 0 Å². The number of nitrogens with two attached hydrogens (primary N) is 1. The number of hydrogen-bond acceptors (Lipinski definition) is 4. The number of carbonyl (C=O) groups excluding carboxylic acids is 2. The highest BCUT2D eigenvalue weighted by Crippen LogP contribution is 1.97. The van der Waals surface area contributed by atoms with Crippen molar-refractivity contribution in [3.63, 3.8) is 0 Å². The average molecular weight is 289 g/mol. The molecule has 0 aliphatic heterocycles. The van der Waals surface area contributed by atoms with Gasteiger partial charge in [0.25, 0.3) is 0 Å². The van der Waals surface area contributed by atoms with Gasteiger partial charge in [-0.25, -0.2) is 9.59 Å². The number of ether oxygens (including phenoxy) is 1. The number of urea groups is 1. The lowest BCUT2D eigenvalue weighted by Crippen LogP contribution is -2.46. The molecule has 20 heavy (non-hydrogen) atoms. The Morgan fingerprint density at radius 1 is 1.30 bits per heavy atom. The van der Waals surface area contributed by atoms with Crippen molar-refractivity contribution in [1.29, 1.82) is 0 Å². The Morgan fingerprint density at radius 2 is 2.00 bits per heavy atom. The Morgan fingerprint density at radius 3 is 2.55 bits per heavy atom. The van der Waals surface area contributed by atoms with Crippen LogP contribution in [-0.2, 0) is 14.3 Å². The molecule has 3 amide bonds. The van der Waals surface area contributed by atoms with Gasteiger partial charge in [0.15, 0.2) is 0 Å². The van der Waals surface area contributed by atoms with Gasteiger partial charge in [0, 0.05) is 26.2 Å². The largest absolute Gasteiger partial charge is 0.480 e. The lowest BCUT2D eigenvalue weighted by molar-refractivity contribution is -0.139. The molecule has 0 saturated heterocycles. The highest BCUT2D eigenvalue weighted by Gasteiger charge is 2.20. The summed E-state index contributed by atoms with van der Waals surface area (Å²) in [6.07, 6.45) is 1.46. The van der Waals surface area contributed by atoms with Crippen molar-refractivity contribution in [2.75, 3.05) is 19.8 Å². The second-order valence-corrected chi connectivity index (χ2v) is 4.26. The highest BCUT2D eigenvalue weighted by atomic mass is 16.5. The van der Waals surface area contributed by atoms with Gasteiger partial charge >= 0.3 is 12.0 Å². The van der Waals surface area contributed by atoms with Gasteiger partial charge in [0.2, 0.25) is 5.91 Å². The van der Waals surface area contributed by atoms with E-state index in [2.05, 4.69) is 10.6 Å². The van der Waals surface area contributed by atoms with Crippen LogP contribution >= 0.6 is 0 Å². The predicted octanol–water partition coefficient (Wildman–Crippen LogP) is -0.179. The van der Waals surface area contributed by atoms with E-state index in [1.807, 2.05) is 6.92 Å². The summed E-state index contributed by atoms with van der Waals surface area (Å²) in [6.45, 7) is 3.61. The number of aliphatic carboxylic acids is 1. The Bertz CT molecular complexity index is 322. The van der Waals surface area contributed by atoms with Gasteiger partial charge < -0.3 is 26.2 Å². The van der Waals surface area contributed by atoms with E-state index in [-0.39, 0.29) is 12.8 Å². The summed E-state index contributed by atoms with van der Waals surface area (Å²) >= 11 is 0. The lowest BCUT2D eigenvalue weighted by atomic mass is 10.1. The molecule has 5 N–H and O–H groups in total. The van der Waals surface area contributed by atoms with Gasteiger partial charge in [-0.05, 0) is 19.3 Å². The zero-order valence-corrected chi connectivity index (χ0v) is 11.7. The maximum Gasteiger partial charge on any atom is 0.326 e. The summed E-state index contributed by atoms with van der Waals surface area (Å²) in [5.74, 6) is -1.81. The van der Waals surface area contributed by atoms with Crippen LogP contribution in [0.5, 0.6) is 0 Å². The molecule has 1 unspecified atom stereocenters. The highest BCUT2D eigenvalue weighted by molar-refractivity contribution is 5.83. The van der Waals surface area contributed by atoms with E-state index in [0.29, 0.717) is 26.2 Å². The Balaban J connectivity index is 3.84. The topological polar surface area (TPSA) is 131 Å². The zero-order valence-electron chi connectivity index (χ0n) is 11.7. The fourth-order valence-corrected chi connectivity index (χ4v) is 1.38. The van der Waals surface area contributed by atoms with Crippen LogP contribution < -0.4 is 16.4 Å². The molecule has 0 bridgehead atoms. The molecule has 1 atom stereocenters. The molecule has 0 aromatic rings. The SMILES string of the molecule is CCCOCCCNC(=O)NC(CCC(N)=O)C(=O)O. The molecule has 0 aromatic carbocycles. The van der Waals surface area contributed by atoms with Crippen LogP contribution in [0.25, 0.3) is 0 Å². The third-order valence-electron chi connectivity index (χ3n) is 2.38. The molecule has 116 valence electrons. The second kappa shape index (κ2) is 11.0. The molecule has 0 rings (SSSR count). The molecule has 8 nitrogen and oxygen atoms in total. The molecule has 8 heteroatoms. The number of carboxylic acids is 1. The fourth-order valence-electron chi connectivity index (χ4n) is 1.38. The minimum absolute atomic E-state index is 0.0301. The molecule has 0 spiro atoms. The lowest BCUT2D eigenvalue weighted by Gasteiger charge is -2.14. The Kier molecular flexibility index (Phi) is 10.0. The number of rotatable bonds is 11. The predicted molar refractivity (Wildman–Crippen MR) is 72.1 cm³/mol. The summed E-state index contributed by atoms with van der Waals surface area (Å²) in [4.78, 5) is 32.9. The van der Waals surface area contributed by atoms with E-state index in [9.17, 15) is 14.4 Å². The van der Waals surface area contributed by atoms with Gasteiger partial charge in [-0.3, -0.25) is 4.79 Å². The van der Waals surface area contributed by atoms with Crippen molar-refractivity contribution >= 4 is 17.9 Å². The number of nitrogens with one attached hydrogen (secondary N) is 2. The first-order chi connectivity index (χ1) is 9.47. The monoisotopic (exact) mass is 289 g/mol. The van der Waals surface area contributed by atoms with Crippen molar-refractivity contribution < 1.29 is 24.2 Å². The Hall–Kier alpha value is -1.83. The Labute approximate surface area is 118 Å². The molecule has 0 fully saturated rings. The van der Waals surface area contributed by atoms with Crippen LogP contribution in [-0.4, -0.2) is 48.8 Å². The zero-order chi connectivity index (χ0) is 15.4. The maximum absolute atomic E-state index is 11.4. The maximum atomic E-state index is 11.4. The van der Waals surface area contributed by atoms with Gasteiger partial charge in [0.1, 0.15) is 6.04 Å². The van der Waals surface area contributed by atoms with Crippen LogP contribution in [0.3, 0.4) is 0 Å². The minimum Gasteiger partial charge on any atom is -0.480 e. The van der Waals surface area contributed by atoms with Crippen molar-refractivity contribution in [3.8, 4) is 0 Å². The summed E-state index contributed by atoms with van der Waals surface area (Å²) in [6, 6.07) is -1.71. The number of hydrogen-bond donors (Lipinski definition) is 4. The van der Waals surface area contributed by atoms with Crippen molar-refractivity contribution in [3.05, 3.63) is 0 Å². The standard InChI is InChI=1S/C12H23N3O5/c1-2-7-20-8-3-6-14-12(19)15-9(11(17)18)4-5-10(13)16/h9H,2-8H2,1H3,(H2,13,16)(H,17,18)(H2,14,15,19). The van der Waals surface area contributed by atoms with Gasteiger partial charge in [-0.15, -0.1) is 0 Å². The number of carboxylic acid groups (broad SMARTS) is 1. The number of primary amides is 1. The normalized spacial score (nSPS) is 11.7. The molecule has 0 aromatic heterocycles. The molecule has 0 heterocycles. The summed E-state index contributed by atoms with van der Waals surface area (Å²) in [5, 5.41) is 13.7. The van der Waals surface area contributed by atoms with E-state index < -0.39 is 23.9 Å². The van der Waals surface area contributed by atoms with E-state index in [1.165, 1.54) is 0 Å². The van der Waals surface area contributed by atoms with Crippen LogP contribution in [0.2, 0.25) is 0 Å². The van der Waals surface area contributed by atoms with Crippen LogP contribution in [0.1, 0.15) is 32.6 Å². The van der Waals surface area contributed by atoms with Crippen molar-refractivity contribution in [2.45, 2.75) is 38.6 Å². The minimum atomic E-state index is -1.20. The number of carbonyl (C=O) groups is 3. The summed E-state index contributed by atoms with van der Waals surface area (Å²) in [7, 11) is 0. The van der Waals surface area contributed by atoms with Crippen molar-refractivity contribution in [1.82, 2.24) is 10.6 Å². The van der Waals surface area contributed by atoms with Crippen LogP contribution in [0, 0.1) is 0 Å².